The Labute approximate surface area is 103 Å². The van der Waals surface area contributed by atoms with Crippen molar-refractivity contribution in [3.63, 3.8) is 0 Å². The highest BCUT2D eigenvalue weighted by atomic mass is 19.1. The van der Waals surface area contributed by atoms with Crippen molar-refractivity contribution in [3.05, 3.63) is 47.5 Å². The van der Waals surface area contributed by atoms with E-state index in [1.807, 2.05) is 0 Å². The number of imidazole rings is 1. The number of hydrogen-bond acceptors (Lipinski definition) is 3. The number of benzene rings is 1. The predicted molar refractivity (Wildman–Crippen MR) is 61.8 cm³/mol. The molecular formula is C12H13F2N3O. The van der Waals surface area contributed by atoms with Crippen LogP contribution in [-0.2, 0) is 20.2 Å². The van der Waals surface area contributed by atoms with Gasteiger partial charge in [-0.2, -0.15) is 0 Å². The molecule has 4 nitrogen and oxygen atoms in total. The maximum atomic E-state index is 13.6. The Morgan fingerprint density at radius 1 is 1.33 bits per heavy atom. The smallest absolute Gasteiger partial charge is 0.191 e. The van der Waals surface area contributed by atoms with E-state index in [4.69, 9.17) is 10.5 Å². The van der Waals surface area contributed by atoms with Crippen molar-refractivity contribution in [1.82, 2.24) is 9.55 Å². The topological polar surface area (TPSA) is 53.1 Å². The largest absolute Gasteiger partial charge is 0.480 e. The first-order valence-electron chi connectivity index (χ1n) is 5.38. The first-order valence-corrected chi connectivity index (χ1v) is 5.38. The van der Waals surface area contributed by atoms with Gasteiger partial charge in [-0.1, -0.05) is 0 Å². The summed E-state index contributed by atoms with van der Waals surface area (Å²) >= 11 is 0. The molecule has 6 heteroatoms. The molecule has 0 bridgehead atoms. The monoisotopic (exact) mass is 253 g/mol. The molecule has 0 aliphatic rings. The number of hydrogen-bond donors (Lipinski definition) is 1. The van der Waals surface area contributed by atoms with Crippen molar-refractivity contribution in [2.75, 3.05) is 0 Å². The lowest BCUT2D eigenvalue weighted by molar-refractivity contribution is 0.262. The SMILES string of the molecule is Cn1ccnc1COc1c(F)cc(CN)cc1F. The van der Waals surface area contributed by atoms with Crippen molar-refractivity contribution in [1.29, 1.82) is 0 Å². The van der Waals surface area contributed by atoms with E-state index in [1.165, 1.54) is 0 Å². The molecule has 2 rings (SSSR count). The molecule has 1 heterocycles. The molecule has 0 amide bonds. The zero-order valence-electron chi connectivity index (χ0n) is 9.86. The van der Waals surface area contributed by atoms with Crippen LogP contribution in [0.5, 0.6) is 5.75 Å². The predicted octanol–water partition coefficient (Wildman–Crippen LogP) is 1.74. The minimum Gasteiger partial charge on any atom is -0.480 e. The Bertz CT molecular complexity index is 531. The summed E-state index contributed by atoms with van der Waals surface area (Å²) in [6.45, 7) is 0.0762. The second kappa shape index (κ2) is 5.14. The third kappa shape index (κ3) is 2.48. The Morgan fingerprint density at radius 3 is 2.50 bits per heavy atom. The summed E-state index contributed by atoms with van der Waals surface area (Å²) in [6.07, 6.45) is 3.31. The van der Waals surface area contributed by atoms with Gasteiger partial charge in [0.05, 0.1) is 0 Å². The summed E-state index contributed by atoms with van der Waals surface area (Å²) in [5.41, 5.74) is 5.70. The molecule has 0 saturated heterocycles. The molecule has 0 atom stereocenters. The van der Waals surface area contributed by atoms with Gasteiger partial charge >= 0.3 is 0 Å². The van der Waals surface area contributed by atoms with Crippen LogP contribution in [0.15, 0.2) is 24.5 Å². The third-order valence-electron chi connectivity index (χ3n) is 2.56. The van der Waals surface area contributed by atoms with Crippen molar-refractivity contribution < 1.29 is 13.5 Å². The Morgan fingerprint density at radius 2 is 2.00 bits per heavy atom. The summed E-state index contributed by atoms with van der Waals surface area (Å²) in [4.78, 5) is 4.00. The van der Waals surface area contributed by atoms with Crippen LogP contribution in [0.2, 0.25) is 0 Å². The van der Waals surface area contributed by atoms with E-state index < -0.39 is 17.4 Å². The molecule has 1 aromatic carbocycles. The number of halogens is 2. The fraction of sp³-hybridized carbons (Fsp3) is 0.250. The van der Waals surface area contributed by atoms with Crippen LogP contribution in [0.1, 0.15) is 11.4 Å². The molecule has 1 aromatic heterocycles. The van der Waals surface area contributed by atoms with E-state index in [0.717, 1.165) is 12.1 Å². The van der Waals surface area contributed by atoms with E-state index in [9.17, 15) is 8.78 Å². The van der Waals surface area contributed by atoms with E-state index in [1.54, 1.807) is 24.0 Å². The molecule has 0 radical (unpaired) electrons. The molecular weight excluding hydrogens is 240 g/mol. The van der Waals surface area contributed by atoms with Gasteiger partial charge in [-0.15, -0.1) is 0 Å². The number of nitrogens with zero attached hydrogens (tertiary/aromatic N) is 2. The van der Waals surface area contributed by atoms with Crippen LogP contribution in [0.3, 0.4) is 0 Å². The van der Waals surface area contributed by atoms with Gasteiger partial charge in [0.25, 0.3) is 0 Å². The minimum absolute atomic E-state index is 0.000683. The van der Waals surface area contributed by atoms with Crippen molar-refractivity contribution in [2.24, 2.45) is 12.8 Å². The van der Waals surface area contributed by atoms with E-state index in [-0.39, 0.29) is 13.2 Å². The summed E-state index contributed by atoms with van der Waals surface area (Å²) < 4.78 is 34.0. The zero-order valence-corrected chi connectivity index (χ0v) is 9.86. The van der Waals surface area contributed by atoms with Crippen molar-refractivity contribution in [3.8, 4) is 5.75 Å². The van der Waals surface area contributed by atoms with Gasteiger partial charge < -0.3 is 15.0 Å². The van der Waals surface area contributed by atoms with Gasteiger partial charge in [0, 0.05) is 26.0 Å². The Hall–Kier alpha value is -1.95. The van der Waals surface area contributed by atoms with E-state index in [2.05, 4.69) is 4.98 Å². The van der Waals surface area contributed by atoms with E-state index >= 15 is 0 Å². The Balaban J connectivity index is 2.17. The molecule has 0 spiro atoms. The molecule has 0 aliphatic carbocycles. The second-order valence-electron chi connectivity index (χ2n) is 3.84. The molecule has 0 aliphatic heterocycles. The van der Waals surface area contributed by atoms with Gasteiger partial charge in [0.15, 0.2) is 17.4 Å². The van der Waals surface area contributed by atoms with Crippen LogP contribution >= 0.6 is 0 Å². The standard InChI is InChI=1S/C12H13F2N3O/c1-17-3-2-16-11(17)7-18-12-9(13)4-8(6-15)5-10(12)14/h2-5H,6-7,15H2,1H3. The highest BCUT2D eigenvalue weighted by Gasteiger charge is 2.13. The normalized spacial score (nSPS) is 10.7. The number of ether oxygens (including phenoxy) is 1. The van der Waals surface area contributed by atoms with E-state index in [0.29, 0.717) is 11.4 Å². The fourth-order valence-corrected chi connectivity index (χ4v) is 1.54. The molecule has 0 saturated carbocycles. The summed E-state index contributed by atoms with van der Waals surface area (Å²) in [6, 6.07) is 2.33. The lowest BCUT2D eigenvalue weighted by atomic mass is 10.2. The fourth-order valence-electron chi connectivity index (χ4n) is 1.54. The van der Waals surface area contributed by atoms with Gasteiger partial charge in [-0.05, 0) is 17.7 Å². The second-order valence-corrected chi connectivity index (χ2v) is 3.84. The average Bonchev–Trinajstić information content (AvgIpc) is 2.73. The lowest BCUT2D eigenvalue weighted by Gasteiger charge is -2.09. The van der Waals surface area contributed by atoms with Gasteiger partial charge in [-0.3, -0.25) is 0 Å². The molecule has 0 fully saturated rings. The third-order valence-corrected chi connectivity index (χ3v) is 2.56. The molecule has 18 heavy (non-hydrogen) atoms. The first-order chi connectivity index (χ1) is 8.61. The summed E-state index contributed by atoms with van der Waals surface area (Å²) in [5.74, 6) is -1.35. The maximum absolute atomic E-state index is 13.6. The lowest BCUT2D eigenvalue weighted by Crippen LogP contribution is -2.06. The quantitative estimate of drug-likeness (QED) is 0.903. The van der Waals surface area contributed by atoms with Gasteiger partial charge in [0.1, 0.15) is 12.4 Å². The number of aromatic nitrogens is 2. The average molecular weight is 253 g/mol. The maximum Gasteiger partial charge on any atom is 0.191 e. The zero-order chi connectivity index (χ0) is 13.1. The van der Waals surface area contributed by atoms with Crippen LogP contribution < -0.4 is 10.5 Å². The van der Waals surface area contributed by atoms with Crippen molar-refractivity contribution in [2.45, 2.75) is 13.2 Å². The number of nitrogens with two attached hydrogens (primary N) is 1. The summed E-state index contributed by atoms with van der Waals surface area (Å²) in [5, 5.41) is 0. The van der Waals surface area contributed by atoms with Gasteiger partial charge in [0.2, 0.25) is 0 Å². The van der Waals surface area contributed by atoms with Crippen molar-refractivity contribution >= 4 is 0 Å². The molecule has 96 valence electrons. The Kier molecular flexibility index (Phi) is 3.57. The van der Waals surface area contributed by atoms with Crippen LogP contribution in [0.25, 0.3) is 0 Å². The molecule has 2 aromatic rings. The van der Waals surface area contributed by atoms with Crippen LogP contribution in [-0.4, -0.2) is 9.55 Å². The molecule has 0 unspecified atom stereocenters. The highest BCUT2D eigenvalue weighted by Crippen LogP contribution is 2.24. The summed E-state index contributed by atoms with van der Waals surface area (Å²) in [7, 11) is 1.77. The van der Waals surface area contributed by atoms with Gasteiger partial charge in [-0.25, -0.2) is 13.8 Å². The number of aryl methyl sites for hydroxylation is 1. The van der Waals surface area contributed by atoms with Crippen LogP contribution in [0, 0.1) is 11.6 Å². The minimum atomic E-state index is -0.760. The highest BCUT2D eigenvalue weighted by molar-refractivity contribution is 5.31. The first kappa shape index (κ1) is 12.5. The van der Waals surface area contributed by atoms with Crippen LogP contribution in [0.4, 0.5) is 8.78 Å². The molecule has 2 N–H and O–H groups in total. The number of rotatable bonds is 4.